The molecule has 6 bridgehead atoms. The zero-order valence-corrected chi connectivity index (χ0v) is 16.7. The standard InChI is InChI=1S/C25H33NO/c1-23-10-18-11-24(14-23,20-5-3-2-4-6-20)16-25(12-18,15-23)22(27)9-19-7-17-8-21(19)26-13-17/h2-6,17-19,21,26H,7-16H2,1H3. The van der Waals surface area contributed by atoms with Crippen molar-refractivity contribution >= 4 is 5.78 Å². The predicted molar refractivity (Wildman–Crippen MR) is 107 cm³/mol. The fourth-order valence-corrected chi connectivity index (χ4v) is 9.00. The van der Waals surface area contributed by atoms with Gasteiger partial charge < -0.3 is 5.32 Å². The second-order valence-corrected chi connectivity index (χ2v) is 11.5. The van der Waals surface area contributed by atoms with Crippen molar-refractivity contribution in [1.82, 2.24) is 5.32 Å². The monoisotopic (exact) mass is 363 g/mol. The van der Waals surface area contributed by atoms with Crippen molar-refractivity contribution in [2.45, 2.75) is 76.2 Å². The van der Waals surface area contributed by atoms with Gasteiger partial charge in [0, 0.05) is 17.9 Å². The van der Waals surface area contributed by atoms with Crippen molar-refractivity contribution in [2.75, 3.05) is 6.54 Å². The van der Waals surface area contributed by atoms with E-state index < -0.39 is 0 Å². The molecule has 0 aromatic heterocycles. The highest BCUT2D eigenvalue weighted by Gasteiger charge is 2.64. The first kappa shape index (κ1) is 16.8. The van der Waals surface area contributed by atoms with Crippen LogP contribution in [0.5, 0.6) is 0 Å². The van der Waals surface area contributed by atoms with Crippen LogP contribution >= 0.6 is 0 Å². The van der Waals surface area contributed by atoms with E-state index in [1.54, 1.807) is 0 Å². The maximum atomic E-state index is 13.8. The lowest BCUT2D eigenvalue weighted by Crippen LogP contribution is -2.60. The molecule has 5 saturated carbocycles. The van der Waals surface area contributed by atoms with E-state index in [0.29, 0.717) is 23.2 Å². The molecule has 1 saturated heterocycles. The molecule has 7 atom stereocenters. The van der Waals surface area contributed by atoms with Crippen LogP contribution in [0.15, 0.2) is 30.3 Å². The summed E-state index contributed by atoms with van der Waals surface area (Å²) >= 11 is 0. The molecule has 7 unspecified atom stereocenters. The third-order valence-corrected chi connectivity index (χ3v) is 9.23. The first-order valence-corrected chi connectivity index (χ1v) is 11.3. The van der Waals surface area contributed by atoms with Gasteiger partial charge in [0.1, 0.15) is 5.78 Å². The first-order valence-electron chi connectivity index (χ1n) is 11.3. The van der Waals surface area contributed by atoms with E-state index in [1.165, 1.54) is 50.6 Å². The zero-order chi connectivity index (χ0) is 18.3. The highest BCUT2D eigenvalue weighted by Crippen LogP contribution is 2.70. The van der Waals surface area contributed by atoms with Crippen molar-refractivity contribution in [3.05, 3.63) is 35.9 Å². The van der Waals surface area contributed by atoms with Gasteiger partial charge in [0.05, 0.1) is 0 Å². The van der Waals surface area contributed by atoms with E-state index in [-0.39, 0.29) is 10.8 Å². The summed E-state index contributed by atoms with van der Waals surface area (Å²) in [6.07, 6.45) is 10.9. The highest BCUT2D eigenvalue weighted by molar-refractivity contribution is 5.86. The fourth-order valence-electron chi connectivity index (χ4n) is 9.00. The average molecular weight is 364 g/mol. The van der Waals surface area contributed by atoms with Crippen LogP contribution in [0.2, 0.25) is 0 Å². The molecule has 1 aliphatic heterocycles. The Morgan fingerprint density at radius 2 is 1.89 bits per heavy atom. The Kier molecular flexibility index (Phi) is 3.40. The Morgan fingerprint density at radius 1 is 1.04 bits per heavy atom. The molecule has 0 radical (unpaired) electrons. The van der Waals surface area contributed by atoms with Crippen LogP contribution in [0.3, 0.4) is 0 Å². The molecule has 1 heterocycles. The molecule has 27 heavy (non-hydrogen) atoms. The summed E-state index contributed by atoms with van der Waals surface area (Å²) in [5.41, 5.74) is 2.13. The highest BCUT2D eigenvalue weighted by atomic mass is 16.1. The maximum absolute atomic E-state index is 13.8. The van der Waals surface area contributed by atoms with E-state index in [0.717, 1.165) is 31.1 Å². The van der Waals surface area contributed by atoms with Crippen molar-refractivity contribution in [2.24, 2.45) is 28.6 Å². The second kappa shape index (κ2) is 5.47. The maximum Gasteiger partial charge on any atom is 0.139 e. The van der Waals surface area contributed by atoms with Crippen LogP contribution in [0, 0.1) is 28.6 Å². The molecule has 144 valence electrons. The molecule has 0 amide bonds. The first-order chi connectivity index (χ1) is 13.0. The third-order valence-electron chi connectivity index (χ3n) is 9.23. The zero-order valence-electron chi connectivity index (χ0n) is 16.7. The number of rotatable bonds is 4. The molecule has 1 aromatic rings. The molecule has 0 spiro atoms. The van der Waals surface area contributed by atoms with Crippen molar-refractivity contribution < 1.29 is 4.79 Å². The Morgan fingerprint density at radius 3 is 2.59 bits per heavy atom. The number of piperidine rings is 1. The quantitative estimate of drug-likeness (QED) is 0.827. The van der Waals surface area contributed by atoms with Gasteiger partial charge in [-0.05, 0) is 92.1 Å². The van der Waals surface area contributed by atoms with Crippen LogP contribution in [-0.4, -0.2) is 18.4 Å². The van der Waals surface area contributed by atoms with Crippen LogP contribution in [0.1, 0.15) is 70.3 Å². The summed E-state index contributed by atoms with van der Waals surface area (Å²) in [5.74, 6) is 2.85. The number of benzene rings is 1. The molecule has 5 aliphatic carbocycles. The van der Waals surface area contributed by atoms with E-state index >= 15 is 0 Å². The number of Topliss-reactive ketones (excluding diaryl/α,β-unsaturated/α-hetero) is 1. The van der Waals surface area contributed by atoms with Crippen LogP contribution < -0.4 is 5.32 Å². The summed E-state index contributed by atoms with van der Waals surface area (Å²) in [5, 5.41) is 3.67. The van der Waals surface area contributed by atoms with E-state index in [9.17, 15) is 4.79 Å². The summed E-state index contributed by atoms with van der Waals surface area (Å²) in [6.45, 7) is 3.69. The number of carbonyl (C=O) groups excluding carboxylic acids is 1. The van der Waals surface area contributed by atoms with Gasteiger partial charge in [-0.15, -0.1) is 0 Å². The molecular weight excluding hydrogens is 330 g/mol. The van der Waals surface area contributed by atoms with Gasteiger partial charge in [-0.25, -0.2) is 0 Å². The van der Waals surface area contributed by atoms with Gasteiger partial charge in [-0.1, -0.05) is 37.3 Å². The van der Waals surface area contributed by atoms with E-state index in [4.69, 9.17) is 0 Å². The number of carbonyl (C=O) groups is 1. The van der Waals surface area contributed by atoms with Crippen LogP contribution in [0.25, 0.3) is 0 Å². The number of fused-ring (bicyclic) bond motifs is 2. The molecular formula is C25H33NO. The Bertz CT molecular complexity index is 774. The second-order valence-electron chi connectivity index (χ2n) is 11.5. The van der Waals surface area contributed by atoms with E-state index in [2.05, 4.69) is 42.6 Å². The van der Waals surface area contributed by atoms with Crippen molar-refractivity contribution in [3.63, 3.8) is 0 Å². The van der Waals surface area contributed by atoms with Gasteiger partial charge in [0.2, 0.25) is 0 Å². The lowest BCUT2D eigenvalue weighted by molar-refractivity contribution is -0.159. The van der Waals surface area contributed by atoms with Crippen molar-refractivity contribution in [1.29, 1.82) is 0 Å². The van der Waals surface area contributed by atoms with Crippen LogP contribution in [-0.2, 0) is 10.2 Å². The lowest BCUT2D eigenvalue weighted by atomic mass is 9.38. The van der Waals surface area contributed by atoms with Gasteiger partial charge in [-0.3, -0.25) is 4.79 Å². The van der Waals surface area contributed by atoms with Gasteiger partial charge >= 0.3 is 0 Å². The smallest absolute Gasteiger partial charge is 0.139 e. The Labute approximate surface area is 163 Å². The minimum Gasteiger partial charge on any atom is -0.313 e. The summed E-state index contributed by atoms with van der Waals surface area (Å²) in [4.78, 5) is 13.8. The molecule has 6 fully saturated rings. The fraction of sp³-hybridized carbons (Fsp3) is 0.720. The summed E-state index contributed by atoms with van der Waals surface area (Å²) in [6, 6.07) is 11.8. The van der Waals surface area contributed by atoms with Gasteiger partial charge in [0.25, 0.3) is 0 Å². The molecule has 1 N–H and O–H groups in total. The number of hydrogen-bond acceptors (Lipinski definition) is 2. The molecule has 1 aromatic carbocycles. The van der Waals surface area contributed by atoms with Crippen molar-refractivity contribution in [3.8, 4) is 0 Å². The number of nitrogens with one attached hydrogen (secondary N) is 1. The number of hydrogen-bond donors (Lipinski definition) is 1. The molecule has 2 nitrogen and oxygen atoms in total. The van der Waals surface area contributed by atoms with Crippen LogP contribution in [0.4, 0.5) is 0 Å². The Hall–Kier alpha value is -1.15. The topological polar surface area (TPSA) is 29.1 Å². The summed E-state index contributed by atoms with van der Waals surface area (Å²) in [7, 11) is 0. The molecule has 6 aliphatic rings. The number of ketones is 1. The van der Waals surface area contributed by atoms with Gasteiger partial charge in [-0.2, -0.15) is 0 Å². The minimum atomic E-state index is -0.0220. The predicted octanol–water partition coefficient (Wildman–Crippen LogP) is 4.87. The van der Waals surface area contributed by atoms with Gasteiger partial charge in [0.15, 0.2) is 0 Å². The summed E-state index contributed by atoms with van der Waals surface area (Å²) < 4.78 is 0. The largest absolute Gasteiger partial charge is 0.313 e. The Balaban J connectivity index is 1.33. The minimum absolute atomic E-state index is 0.0220. The SMILES string of the molecule is CC12CC3CC(C(=O)CC4CC5CNC4C5)(C1)CC(c1ccccc1)(C3)C2. The lowest BCUT2D eigenvalue weighted by Gasteiger charge is -2.66. The van der Waals surface area contributed by atoms with E-state index in [1.807, 2.05) is 0 Å². The molecule has 7 rings (SSSR count). The normalized spacial score (nSPS) is 49.7. The third kappa shape index (κ3) is 2.44. The molecule has 2 heteroatoms. The average Bonchev–Trinajstić information content (AvgIpc) is 3.23.